The minimum absolute atomic E-state index is 0.301. The first-order valence-corrected chi connectivity index (χ1v) is 10.5. The van der Waals surface area contributed by atoms with Gasteiger partial charge in [0.05, 0.1) is 23.1 Å². The van der Waals surface area contributed by atoms with E-state index in [0.29, 0.717) is 41.7 Å². The van der Waals surface area contributed by atoms with E-state index in [1.54, 1.807) is 18.2 Å². The quantitative estimate of drug-likeness (QED) is 0.434. The second-order valence-corrected chi connectivity index (χ2v) is 8.95. The van der Waals surface area contributed by atoms with Crippen molar-refractivity contribution in [1.82, 2.24) is 10.6 Å². The maximum absolute atomic E-state index is 12.7. The number of halogens is 2. The average molecular weight is 461 g/mol. The molecule has 0 heterocycles. The first-order valence-electron chi connectivity index (χ1n) is 9.77. The maximum Gasteiger partial charge on any atom is 0.304 e. The van der Waals surface area contributed by atoms with Crippen LogP contribution >= 0.6 is 23.2 Å². The van der Waals surface area contributed by atoms with Gasteiger partial charge in [-0.3, -0.25) is 14.4 Å². The highest BCUT2D eigenvalue weighted by atomic mass is 35.5. The van der Waals surface area contributed by atoms with Gasteiger partial charge in [0.15, 0.2) is 0 Å². The summed E-state index contributed by atoms with van der Waals surface area (Å²) in [5.74, 6) is -1.97. The molecule has 9 heteroatoms. The molecule has 1 aromatic rings. The second-order valence-electron chi connectivity index (χ2n) is 8.14. The highest BCUT2D eigenvalue weighted by Gasteiger charge is 2.34. The number of rotatable bonds is 11. The Morgan fingerprint density at radius 3 is 2.30 bits per heavy atom. The van der Waals surface area contributed by atoms with Crippen LogP contribution in [0, 0.1) is 11.3 Å². The fraction of sp³-hybridized carbons (Fsp3) is 0.571. The molecule has 1 aromatic carbocycles. The van der Waals surface area contributed by atoms with Gasteiger partial charge >= 0.3 is 5.97 Å². The summed E-state index contributed by atoms with van der Waals surface area (Å²) < 4.78 is 5.61. The molecule has 168 valence electrons. The van der Waals surface area contributed by atoms with E-state index in [0.717, 1.165) is 0 Å². The van der Waals surface area contributed by atoms with Gasteiger partial charge in [-0.2, -0.15) is 0 Å². The number of carboxylic acids is 1. The maximum atomic E-state index is 12.7. The summed E-state index contributed by atoms with van der Waals surface area (Å²) in [6.07, 6.45) is 1.28. The summed E-state index contributed by atoms with van der Waals surface area (Å²) in [5, 5.41) is 15.3. The minimum Gasteiger partial charge on any atom is -0.494 e. The lowest BCUT2D eigenvalue weighted by Gasteiger charge is -2.31. The number of carbonyl (C=O) groups excluding carboxylic acids is 2. The number of carboxylic acid groups (broad SMARTS) is 1. The van der Waals surface area contributed by atoms with Crippen molar-refractivity contribution in [3.8, 4) is 5.75 Å². The lowest BCUT2D eigenvalue weighted by atomic mass is 9.85. The minimum atomic E-state index is -1.06. The first kappa shape index (κ1) is 26.0. The normalized spacial score (nSPS) is 13.3. The molecule has 0 fully saturated rings. The van der Waals surface area contributed by atoms with Gasteiger partial charge in [-0.25, -0.2) is 0 Å². The van der Waals surface area contributed by atoms with E-state index in [-0.39, 0.29) is 12.3 Å². The third-order valence-corrected chi connectivity index (χ3v) is 5.30. The van der Waals surface area contributed by atoms with E-state index in [9.17, 15) is 19.5 Å². The summed E-state index contributed by atoms with van der Waals surface area (Å²) in [5.41, 5.74) is -0.517. The van der Waals surface area contributed by atoms with Crippen LogP contribution in [0.15, 0.2) is 18.2 Å². The molecule has 0 bridgehead atoms. The number of carbonyl (C=O) groups is 3. The molecule has 1 rings (SSSR count). The zero-order valence-electron chi connectivity index (χ0n) is 17.8. The highest BCUT2D eigenvalue weighted by Crippen LogP contribution is 2.26. The van der Waals surface area contributed by atoms with Crippen molar-refractivity contribution < 1.29 is 24.2 Å². The summed E-state index contributed by atoms with van der Waals surface area (Å²) >= 11 is 11.8. The molecular weight excluding hydrogens is 431 g/mol. The number of hydrogen-bond acceptors (Lipinski definition) is 4. The second kappa shape index (κ2) is 12.0. The van der Waals surface area contributed by atoms with Crippen molar-refractivity contribution in [2.45, 2.75) is 52.5 Å². The van der Waals surface area contributed by atoms with Gasteiger partial charge in [-0.15, -0.1) is 0 Å². The largest absolute Gasteiger partial charge is 0.494 e. The van der Waals surface area contributed by atoms with E-state index >= 15 is 0 Å². The van der Waals surface area contributed by atoms with Crippen LogP contribution in [0.3, 0.4) is 0 Å². The SMILES string of the molecule is CNC(=O)[C@@H](NC(=O)[C@@H](CCCCOc1ccc(Cl)c(Cl)c1)CC(=O)O)C(C)(C)C. The summed E-state index contributed by atoms with van der Waals surface area (Å²) in [6.45, 7) is 5.89. The number of unbranched alkanes of at least 4 members (excludes halogenated alkanes) is 1. The number of likely N-dealkylation sites (N-methyl/N-ethyl adjacent to an activating group) is 1. The Morgan fingerprint density at radius 1 is 1.10 bits per heavy atom. The Balaban J connectivity index is 2.61. The topological polar surface area (TPSA) is 105 Å². The molecule has 0 saturated heterocycles. The van der Waals surface area contributed by atoms with E-state index in [2.05, 4.69) is 10.6 Å². The van der Waals surface area contributed by atoms with Crippen LogP contribution in [0.25, 0.3) is 0 Å². The Labute approximate surface area is 187 Å². The third-order valence-electron chi connectivity index (χ3n) is 4.56. The van der Waals surface area contributed by atoms with Crippen molar-refractivity contribution in [1.29, 1.82) is 0 Å². The van der Waals surface area contributed by atoms with Crippen molar-refractivity contribution in [3.05, 3.63) is 28.2 Å². The van der Waals surface area contributed by atoms with Gasteiger partial charge in [0.1, 0.15) is 11.8 Å². The van der Waals surface area contributed by atoms with Crippen molar-refractivity contribution in [2.75, 3.05) is 13.7 Å². The Hall–Kier alpha value is -1.99. The lowest BCUT2D eigenvalue weighted by molar-refractivity contribution is -0.142. The summed E-state index contributed by atoms with van der Waals surface area (Å²) in [6, 6.07) is 4.21. The molecule has 0 aliphatic carbocycles. The van der Waals surface area contributed by atoms with Crippen molar-refractivity contribution in [2.24, 2.45) is 11.3 Å². The molecule has 30 heavy (non-hydrogen) atoms. The van der Waals surface area contributed by atoms with Gasteiger partial charge in [-0.05, 0) is 36.8 Å². The number of ether oxygens (including phenoxy) is 1. The number of aliphatic carboxylic acids is 1. The molecule has 7 nitrogen and oxygen atoms in total. The van der Waals surface area contributed by atoms with Crippen LogP contribution < -0.4 is 15.4 Å². The van der Waals surface area contributed by atoms with Crippen molar-refractivity contribution >= 4 is 41.0 Å². The lowest BCUT2D eigenvalue weighted by Crippen LogP contribution is -2.54. The standard InChI is InChI=1S/C21H30Cl2N2O5/c1-21(2,3)18(20(29)24-4)25-19(28)13(11-17(26)27)7-5-6-10-30-14-8-9-15(22)16(23)12-14/h8-9,12-13,18H,5-7,10-11H2,1-4H3,(H,24,29)(H,25,28)(H,26,27)/t13-,18+/m0/s1. The molecule has 0 aromatic heterocycles. The molecule has 3 N–H and O–H groups in total. The zero-order chi connectivity index (χ0) is 22.9. The molecular formula is C21H30Cl2N2O5. The fourth-order valence-corrected chi connectivity index (χ4v) is 3.15. The zero-order valence-corrected chi connectivity index (χ0v) is 19.3. The molecule has 0 saturated carbocycles. The highest BCUT2D eigenvalue weighted by molar-refractivity contribution is 6.42. The number of benzene rings is 1. The molecule has 2 atom stereocenters. The Morgan fingerprint density at radius 2 is 1.77 bits per heavy atom. The van der Waals surface area contributed by atoms with Gasteiger partial charge in [0, 0.05) is 19.0 Å². The van der Waals surface area contributed by atoms with Crippen LogP contribution in [-0.2, 0) is 14.4 Å². The van der Waals surface area contributed by atoms with Gasteiger partial charge in [0.2, 0.25) is 11.8 Å². The Bertz CT molecular complexity index is 749. The monoisotopic (exact) mass is 460 g/mol. The summed E-state index contributed by atoms with van der Waals surface area (Å²) in [4.78, 5) is 36.1. The number of amides is 2. The van der Waals surface area contributed by atoms with Crippen LogP contribution in [0.1, 0.15) is 46.5 Å². The molecule has 0 aliphatic heterocycles. The smallest absolute Gasteiger partial charge is 0.304 e. The van der Waals surface area contributed by atoms with E-state index in [4.69, 9.17) is 27.9 Å². The molecule has 2 amide bonds. The summed E-state index contributed by atoms with van der Waals surface area (Å²) in [7, 11) is 1.50. The fourth-order valence-electron chi connectivity index (χ4n) is 2.87. The van der Waals surface area contributed by atoms with E-state index in [1.165, 1.54) is 7.05 Å². The molecule has 0 aliphatic rings. The van der Waals surface area contributed by atoms with E-state index < -0.39 is 29.3 Å². The van der Waals surface area contributed by atoms with Crippen LogP contribution in [0.5, 0.6) is 5.75 Å². The predicted octanol–water partition coefficient (Wildman–Crippen LogP) is 3.91. The van der Waals surface area contributed by atoms with E-state index in [1.807, 2.05) is 20.8 Å². The molecule has 0 spiro atoms. The number of nitrogens with one attached hydrogen (secondary N) is 2. The van der Waals surface area contributed by atoms with Crippen LogP contribution in [0.4, 0.5) is 0 Å². The number of hydrogen-bond donors (Lipinski definition) is 3. The third kappa shape index (κ3) is 8.79. The Kier molecular flexibility index (Phi) is 10.4. The van der Waals surface area contributed by atoms with Gasteiger partial charge < -0.3 is 20.5 Å². The molecule has 0 unspecified atom stereocenters. The predicted molar refractivity (Wildman–Crippen MR) is 117 cm³/mol. The average Bonchev–Trinajstić information content (AvgIpc) is 2.65. The van der Waals surface area contributed by atoms with Gasteiger partial charge in [0.25, 0.3) is 0 Å². The van der Waals surface area contributed by atoms with Crippen LogP contribution in [0.2, 0.25) is 10.0 Å². The van der Waals surface area contributed by atoms with Crippen molar-refractivity contribution in [3.63, 3.8) is 0 Å². The molecule has 0 radical (unpaired) electrons. The van der Waals surface area contributed by atoms with Gasteiger partial charge in [-0.1, -0.05) is 44.0 Å². The first-order chi connectivity index (χ1) is 14.0. The van der Waals surface area contributed by atoms with Crippen LogP contribution in [-0.4, -0.2) is 42.6 Å².